The molecule has 2 N–H and O–H groups in total. The van der Waals surface area contributed by atoms with E-state index in [9.17, 15) is 18.0 Å². The molecule has 1 amide bonds. The second-order valence-corrected chi connectivity index (χ2v) is 9.40. The average Bonchev–Trinajstić information content (AvgIpc) is 2.75. The van der Waals surface area contributed by atoms with Crippen molar-refractivity contribution in [1.82, 2.24) is 14.0 Å². The Morgan fingerprint density at radius 1 is 1.22 bits per heavy atom. The molecule has 0 saturated carbocycles. The molecule has 0 radical (unpaired) electrons. The van der Waals surface area contributed by atoms with Gasteiger partial charge in [0.2, 0.25) is 11.9 Å². The van der Waals surface area contributed by atoms with Gasteiger partial charge in [0, 0.05) is 29.1 Å². The molecule has 4 rings (SSSR count). The fourth-order valence-corrected chi connectivity index (χ4v) is 5.05. The monoisotopic (exact) mass is 459 g/mol. The first-order chi connectivity index (χ1) is 15.1. The number of hydrogen-bond donors (Lipinski definition) is 2. The van der Waals surface area contributed by atoms with E-state index < -0.39 is 28.0 Å². The van der Waals surface area contributed by atoms with Crippen LogP contribution in [0, 0.1) is 6.92 Å². The lowest BCUT2D eigenvalue weighted by Gasteiger charge is -2.42. The summed E-state index contributed by atoms with van der Waals surface area (Å²) in [5.74, 6) is -0.851. The molecule has 1 aromatic heterocycles. The Morgan fingerprint density at radius 2 is 1.94 bits per heavy atom. The van der Waals surface area contributed by atoms with E-state index in [0.29, 0.717) is 26.3 Å². The molecule has 2 atom stereocenters. The molecule has 0 spiro atoms. The normalized spacial score (nSPS) is 22.0. The summed E-state index contributed by atoms with van der Waals surface area (Å²) in [6.45, 7) is 2.89. The quantitative estimate of drug-likeness (QED) is 0.583. The Morgan fingerprint density at radius 3 is 2.66 bits per heavy atom. The van der Waals surface area contributed by atoms with Crippen molar-refractivity contribution in [3.05, 3.63) is 81.6 Å². The Balaban J connectivity index is 1.66. The number of pyridine rings is 1. The first-order valence-electron chi connectivity index (χ1n) is 9.93. The van der Waals surface area contributed by atoms with Crippen LogP contribution < -0.4 is 10.3 Å². The number of carbonyl (C=O) groups is 1. The molecule has 2 aromatic carbocycles. The predicted molar refractivity (Wildman–Crippen MR) is 117 cm³/mol. The molecule has 8 nitrogen and oxygen atoms in total. The highest BCUT2D eigenvalue weighted by atomic mass is 32.2. The van der Waals surface area contributed by atoms with Gasteiger partial charge in [-0.25, -0.2) is 9.11 Å². The highest BCUT2D eigenvalue weighted by molar-refractivity contribution is 7.87. The van der Waals surface area contributed by atoms with Gasteiger partial charge in [-0.1, -0.05) is 24.3 Å². The number of alkyl halides is 1. The minimum absolute atomic E-state index is 0.0694. The second kappa shape index (κ2) is 8.12. The maximum absolute atomic E-state index is 15.7. The number of nitrogens with one attached hydrogen (secondary N) is 2. The van der Waals surface area contributed by atoms with E-state index in [-0.39, 0.29) is 24.3 Å². The number of nitrogens with zero attached hydrogens (tertiary/aromatic N) is 1. The highest BCUT2D eigenvalue weighted by Crippen LogP contribution is 2.38. The van der Waals surface area contributed by atoms with E-state index in [1.54, 1.807) is 43.3 Å². The number of H-pyrrole nitrogens is 1. The number of ether oxygens (including phenoxy) is 1. The molecule has 2 heterocycles. The van der Waals surface area contributed by atoms with Crippen molar-refractivity contribution in [2.24, 2.45) is 0 Å². The zero-order chi connectivity index (χ0) is 23.1. The maximum atomic E-state index is 15.7. The second-order valence-electron chi connectivity index (χ2n) is 7.78. The summed E-state index contributed by atoms with van der Waals surface area (Å²) >= 11 is 0. The zero-order valence-electron chi connectivity index (χ0n) is 17.5. The molecule has 3 aromatic rings. The smallest absolute Gasteiger partial charge is 0.306 e. The molecule has 1 aliphatic heterocycles. The fourth-order valence-electron chi connectivity index (χ4n) is 3.82. The number of carbonyl (C=O) groups excluding carboxylic acids is 1. The predicted octanol–water partition coefficient (Wildman–Crippen LogP) is 2.35. The molecular weight excluding hydrogens is 437 g/mol. The lowest BCUT2D eigenvalue weighted by atomic mass is 9.91. The van der Waals surface area contributed by atoms with Crippen molar-refractivity contribution in [1.29, 1.82) is 0 Å². The molecule has 32 heavy (non-hydrogen) atoms. The number of aromatic amines is 1. The summed E-state index contributed by atoms with van der Waals surface area (Å²) in [5.41, 5.74) is -0.0613. The van der Waals surface area contributed by atoms with E-state index in [4.69, 9.17) is 4.74 Å². The summed E-state index contributed by atoms with van der Waals surface area (Å²) < 4.78 is 49.7. The minimum Gasteiger partial charge on any atom is -0.365 e. The van der Waals surface area contributed by atoms with E-state index in [2.05, 4.69) is 4.98 Å². The Bertz CT molecular complexity index is 1340. The number of aromatic nitrogens is 1. The van der Waals surface area contributed by atoms with Crippen LogP contribution >= 0.6 is 0 Å². The summed E-state index contributed by atoms with van der Waals surface area (Å²) in [6, 6.07) is 14.1. The first kappa shape index (κ1) is 22.1. The third-order valence-corrected chi connectivity index (χ3v) is 7.04. The number of benzene rings is 2. The van der Waals surface area contributed by atoms with Crippen LogP contribution in [0.1, 0.15) is 28.4 Å². The Hall–Kier alpha value is -3.08. The zero-order valence-corrected chi connectivity index (χ0v) is 18.3. The number of hydrogen-bond acceptors (Lipinski definition) is 5. The maximum Gasteiger partial charge on any atom is 0.306 e. The van der Waals surface area contributed by atoms with Gasteiger partial charge in [0.15, 0.2) is 0 Å². The molecule has 168 valence electrons. The number of morpholine rings is 1. The van der Waals surface area contributed by atoms with Crippen molar-refractivity contribution in [2.45, 2.75) is 25.7 Å². The Kier molecular flexibility index (Phi) is 5.61. The van der Waals surface area contributed by atoms with Crippen LogP contribution in [0.5, 0.6) is 0 Å². The summed E-state index contributed by atoms with van der Waals surface area (Å²) in [7, 11) is -4.48. The van der Waals surface area contributed by atoms with Gasteiger partial charge >= 0.3 is 10.2 Å². The molecule has 10 heteroatoms. The van der Waals surface area contributed by atoms with Gasteiger partial charge in [-0.15, -0.1) is 4.31 Å². The molecule has 1 saturated heterocycles. The third kappa shape index (κ3) is 3.92. The minimum atomic E-state index is -4.48. The largest absolute Gasteiger partial charge is 0.365 e. The first-order valence-corrected chi connectivity index (χ1v) is 11.4. The van der Waals surface area contributed by atoms with Gasteiger partial charge in [0.1, 0.15) is 5.60 Å². The van der Waals surface area contributed by atoms with E-state index in [1.807, 2.05) is 4.72 Å². The van der Waals surface area contributed by atoms with Gasteiger partial charge in [-0.05, 0) is 49.2 Å². The molecule has 1 aliphatic rings. The van der Waals surface area contributed by atoms with Crippen molar-refractivity contribution in [2.75, 3.05) is 13.2 Å². The highest BCUT2D eigenvalue weighted by Gasteiger charge is 2.49. The summed E-state index contributed by atoms with van der Waals surface area (Å²) in [6.07, 6.45) is -2.10. The van der Waals surface area contributed by atoms with Gasteiger partial charge in [-0.3, -0.25) is 9.59 Å². The topological polar surface area (TPSA) is 109 Å². The number of amides is 1. The average molecular weight is 459 g/mol. The van der Waals surface area contributed by atoms with Crippen LogP contribution in [0.3, 0.4) is 0 Å². The number of halogens is 1. The van der Waals surface area contributed by atoms with Crippen molar-refractivity contribution >= 4 is 27.0 Å². The Labute approximate surface area is 184 Å². The number of fused-ring (bicyclic) bond motifs is 1. The van der Waals surface area contributed by atoms with E-state index in [1.165, 1.54) is 25.1 Å². The van der Waals surface area contributed by atoms with Crippen molar-refractivity contribution in [3.63, 3.8) is 0 Å². The lowest BCUT2D eigenvalue weighted by Crippen LogP contribution is -2.59. The van der Waals surface area contributed by atoms with Crippen LogP contribution in [0.4, 0.5) is 4.39 Å². The van der Waals surface area contributed by atoms with Gasteiger partial charge < -0.3 is 9.72 Å². The van der Waals surface area contributed by atoms with Crippen molar-refractivity contribution < 1.29 is 22.3 Å². The standard InChI is InChI=1S/C22H22FN3O5S/c1-14-12-19(27)24-18-9-8-16(13-17(14)18)22(2)21(23)26(10-11-31-22)32(29,30)25-20(28)15-6-4-3-5-7-15/h3-9,12-13,21H,10-11H2,1-2H3,(H,24,27)(H,25,28). The third-order valence-electron chi connectivity index (χ3n) is 5.61. The number of aryl methyl sites for hydroxylation is 1. The molecule has 1 fully saturated rings. The van der Waals surface area contributed by atoms with Gasteiger partial charge in [0.05, 0.1) is 6.61 Å². The fraction of sp³-hybridized carbons (Fsp3) is 0.273. The van der Waals surface area contributed by atoms with Crippen LogP contribution in [-0.2, 0) is 20.5 Å². The van der Waals surface area contributed by atoms with Gasteiger partial charge in [-0.2, -0.15) is 8.42 Å². The van der Waals surface area contributed by atoms with Crippen LogP contribution in [0.25, 0.3) is 10.9 Å². The molecular formula is C22H22FN3O5S. The molecule has 2 unspecified atom stereocenters. The summed E-state index contributed by atoms with van der Waals surface area (Å²) in [5, 5.41) is 0.691. The van der Waals surface area contributed by atoms with Crippen molar-refractivity contribution in [3.8, 4) is 0 Å². The SMILES string of the molecule is Cc1cc(=O)[nH]c2ccc(C3(C)OCCN(S(=O)(=O)NC(=O)c4ccccc4)C3F)cc12. The molecule has 0 aliphatic carbocycles. The van der Waals surface area contributed by atoms with E-state index >= 15 is 4.39 Å². The lowest BCUT2D eigenvalue weighted by molar-refractivity contribution is -0.161. The van der Waals surface area contributed by atoms with Crippen LogP contribution in [0.2, 0.25) is 0 Å². The van der Waals surface area contributed by atoms with Gasteiger partial charge in [0.25, 0.3) is 5.91 Å². The molecule has 0 bridgehead atoms. The number of rotatable bonds is 4. The summed E-state index contributed by atoms with van der Waals surface area (Å²) in [4.78, 5) is 26.8. The van der Waals surface area contributed by atoms with Crippen LogP contribution in [-0.4, -0.2) is 43.1 Å². The van der Waals surface area contributed by atoms with Crippen LogP contribution in [0.15, 0.2) is 59.4 Å². The van der Waals surface area contributed by atoms with E-state index in [0.717, 1.165) is 0 Å².